The summed E-state index contributed by atoms with van der Waals surface area (Å²) in [5.74, 6) is 0. The predicted octanol–water partition coefficient (Wildman–Crippen LogP) is 8.11. The molecule has 0 atom stereocenters. The van der Waals surface area contributed by atoms with E-state index in [1.54, 1.807) is 33.6 Å². The lowest BCUT2D eigenvalue weighted by atomic mass is 9.68. The number of quaternary nitrogens is 2. The Hall–Kier alpha value is -2.49. The first kappa shape index (κ1) is 31.0. The van der Waals surface area contributed by atoms with Crippen LogP contribution in [0.3, 0.4) is 0 Å². The van der Waals surface area contributed by atoms with E-state index in [0.29, 0.717) is 10.8 Å². The van der Waals surface area contributed by atoms with Gasteiger partial charge in [-0.1, -0.05) is 57.0 Å². The van der Waals surface area contributed by atoms with E-state index in [1.807, 2.05) is 18.2 Å². The van der Waals surface area contributed by atoms with Crippen molar-refractivity contribution in [2.24, 2.45) is 0 Å². The second-order valence-corrected chi connectivity index (χ2v) is 15.5. The Kier molecular flexibility index (Phi) is 8.51. The van der Waals surface area contributed by atoms with Gasteiger partial charge in [0, 0.05) is 70.9 Å². The maximum absolute atomic E-state index is 2.45. The van der Waals surface area contributed by atoms with E-state index in [9.17, 15) is 0 Å². The van der Waals surface area contributed by atoms with Gasteiger partial charge in [-0.2, -0.15) is 0 Å². The highest BCUT2D eigenvalue weighted by atomic mass is 15.4. The van der Waals surface area contributed by atoms with Gasteiger partial charge in [-0.05, 0) is 45.7 Å². The van der Waals surface area contributed by atoms with Crippen LogP contribution in [0.15, 0.2) is 54.9 Å². The SMILES string of the molecule is CC[n+]1ccccc1.Cc1cc2c3c(c1)C(C)(C)CC[N+]3(C)CCC2(C)C.Cc1cc2c3c(c1)CCC[N+]3(C)CCC2. The number of nitrogens with zero attached hydrogens (tertiary/aromatic N) is 3. The molecule has 2 aromatic carbocycles. The minimum Gasteiger partial charge on any atom is -0.293 e. The third-order valence-corrected chi connectivity index (χ3v) is 11.0. The summed E-state index contributed by atoms with van der Waals surface area (Å²) in [6.45, 7) is 22.7. The zero-order valence-corrected chi connectivity index (χ0v) is 28.3. The lowest BCUT2D eigenvalue weighted by Gasteiger charge is -2.51. The fraction of sp³-hybridized carbons (Fsp3) is 0.564. The van der Waals surface area contributed by atoms with Crippen molar-refractivity contribution >= 4 is 11.4 Å². The van der Waals surface area contributed by atoms with E-state index in [0.717, 1.165) is 11.0 Å². The zero-order chi connectivity index (χ0) is 30.3. The Morgan fingerprint density at radius 2 is 1.10 bits per heavy atom. The highest BCUT2D eigenvalue weighted by molar-refractivity contribution is 5.66. The minimum absolute atomic E-state index is 0.335. The van der Waals surface area contributed by atoms with Crippen molar-refractivity contribution in [3.63, 3.8) is 0 Å². The van der Waals surface area contributed by atoms with Crippen LogP contribution in [-0.2, 0) is 30.2 Å². The Labute approximate surface area is 257 Å². The summed E-state index contributed by atoms with van der Waals surface area (Å²) < 4.78 is 4.50. The third kappa shape index (κ3) is 5.97. The smallest absolute Gasteiger partial charge is 0.168 e. The molecule has 0 N–H and O–H groups in total. The summed E-state index contributed by atoms with van der Waals surface area (Å²) in [5, 5.41) is 0. The van der Waals surface area contributed by atoms with Crippen LogP contribution in [0.5, 0.6) is 0 Å². The molecule has 3 nitrogen and oxygen atoms in total. The third-order valence-electron chi connectivity index (χ3n) is 11.0. The number of pyridine rings is 1. The van der Waals surface area contributed by atoms with E-state index in [-0.39, 0.29) is 0 Å². The molecule has 226 valence electrons. The maximum atomic E-state index is 2.45. The van der Waals surface area contributed by atoms with Crippen molar-refractivity contribution in [1.82, 2.24) is 8.97 Å². The first-order valence-electron chi connectivity index (χ1n) is 16.7. The summed E-state index contributed by atoms with van der Waals surface area (Å²) in [4.78, 5) is 0. The van der Waals surface area contributed by atoms with Gasteiger partial charge in [0.25, 0.3) is 0 Å². The number of benzene rings is 2. The van der Waals surface area contributed by atoms with Crippen molar-refractivity contribution in [2.75, 3.05) is 40.3 Å². The standard InChI is InChI=1S/C18H28N.C14H20N.C7H10N/c1-13-11-14-16-15(12-13)18(4,5)8-10-19(16,6)9-7-17(14,2)3;1-11-9-12-5-3-7-15(2)8-4-6-13(10-11)14(12)15;1-2-8-6-4-3-5-7-8/h11-12H,7-10H2,1-6H3;9-10H,3-8H2,1-2H3;3-7H,2H2,1H3/q3*+1. The predicted molar refractivity (Wildman–Crippen MR) is 182 cm³/mol. The van der Waals surface area contributed by atoms with Crippen molar-refractivity contribution in [3.05, 3.63) is 88.2 Å². The summed E-state index contributed by atoms with van der Waals surface area (Å²) in [6.07, 6.45) is 12.1. The molecule has 0 spiro atoms. The molecule has 4 aliphatic heterocycles. The minimum atomic E-state index is 0.335. The molecule has 42 heavy (non-hydrogen) atoms. The molecular formula is C39H58N3+3. The highest BCUT2D eigenvalue weighted by Crippen LogP contribution is 2.52. The monoisotopic (exact) mass is 568 g/mol. The molecule has 0 saturated carbocycles. The molecule has 0 amide bonds. The molecule has 5 heterocycles. The fourth-order valence-corrected chi connectivity index (χ4v) is 8.28. The van der Waals surface area contributed by atoms with Crippen LogP contribution in [0, 0.1) is 13.8 Å². The van der Waals surface area contributed by atoms with Crippen LogP contribution in [-0.4, -0.2) is 40.3 Å². The summed E-state index contributed by atoms with van der Waals surface area (Å²) in [7, 11) is 4.87. The van der Waals surface area contributed by atoms with E-state index in [1.165, 1.54) is 80.3 Å². The number of rotatable bonds is 1. The summed E-state index contributed by atoms with van der Waals surface area (Å²) in [5.41, 5.74) is 13.4. The van der Waals surface area contributed by atoms with Crippen LogP contribution < -0.4 is 13.5 Å². The number of hydrogen-bond donors (Lipinski definition) is 0. The second kappa shape index (κ2) is 11.5. The molecule has 0 aliphatic carbocycles. The van der Waals surface area contributed by atoms with Gasteiger partial charge < -0.3 is 0 Å². The number of aryl methyl sites for hydroxylation is 5. The van der Waals surface area contributed by atoms with Crippen molar-refractivity contribution in [3.8, 4) is 0 Å². The lowest BCUT2D eigenvalue weighted by molar-refractivity contribution is -0.693. The van der Waals surface area contributed by atoms with Crippen molar-refractivity contribution in [1.29, 1.82) is 0 Å². The fourth-order valence-electron chi connectivity index (χ4n) is 8.28. The molecule has 0 radical (unpaired) electrons. The molecular weight excluding hydrogens is 510 g/mol. The molecule has 7 rings (SSSR count). The van der Waals surface area contributed by atoms with E-state index < -0.39 is 0 Å². The van der Waals surface area contributed by atoms with Gasteiger partial charge in [0.1, 0.15) is 17.9 Å². The largest absolute Gasteiger partial charge is 0.293 e. The average Bonchev–Trinajstić information content (AvgIpc) is 2.94. The highest BCUT2D eigenvalue weighted by Gasteiger charge is 2.48. The molecule has 0 saturated heterocycles. The van der Waals surface area contributed by atoms with Gasteiger partial charge >= 0.3 is 0 Å². The zero-order valence-electron chi connectivity index (χ0n) is 28.3. The van der Waals surface area contributed by atoms with Gasteiger partial charge in [0.2, 0.25) is 0 Å². The van der Waals surface area contributed by atoms with Crippen LogP contribution in [0.4, 0.5) is 11.4 Å². The first-order chi connectivity index (χ1) is 19.8. The van der Waals surface area contributed by atoms with Crippen LogP contribution >= 0.6 is 0 Å². The van der Waals surface area contributed by atoms with Gasteiger partial charge in [-0.15, -0.1) is 0 Å². The van der Waals surface area contributed by atoms with Gasteiger partial charge in [0.05, 0.1) is 40.3 Å². The van der Waals surface area contributed by atoms with E-state index in [4.69, 9.17) is 0 Å². The molecule has 0 fully saturated rings. The average molecular weight is 569 g/mol. The van der Waals surface area contributed by atoms with E-state index >= 15 is 0 Å². The molecule has 0 bridgehead atoms. The molecule has 3 heteroatoms. The lowest BCUT2D eigenvalue weighted by Crippen LogP contribution is -2.57. The molecule has 4 aliphatic rings. The summed E-state index contributed by atoms with van der Waals surface area (Å²) >= 11 is 0. The molecule has 0 unspecified atom stereocenters. The molecule has 3 aromatic rings. The van der Waals surface area contributed by atoms with Gasteiger partial charge in [-0.25, -0.2) is 4.57 Å². The van der Waals surface area contributed by atoms with Crippen LogP contribution in [0.1, 0.15) is 93.7 Å². The van der Waals surface area contributed by atoms with Crippen LogP contribution in [0.25, 0.3) is 0 Å². The summed E-state index contributed by atoms with van der Waals surface area (Å²) in [6, 6.07) is 15.8. The van der Waals surface area contributed by atoms with Gasteiger partial charge in [0.15, 0.2) is 12.4 Å². The Morgan fingerprint density at radius 1 is 0.643 bits per heavy atom. The van der Waals surface area contributed by atoms with E-state index in [2.05, 4.69) is 104 Å². The van der Waals surface area contributed by atoms with Gasteiger partial charge in [-0.3, -0.25) is 8.97 Å². The first-order valence-corrected chi connectivity index (χ1v) is 16.7. The quantitative estimate of drug-likeness (QED) is 0.206. The normalized spacial score (nSPS) is 21.4. The Morgan fingerprint density at radius 3 is 1.55 bits per heavy atom. The van der Waals surface area contributed by atoms with Crippen LogP contribution in [0.2, 0.25) is 0 Å². The Bertz CT molecular complexity index is 1340. The topological polar surface area (TPSA) is 3.88 Å². The number of aromatic nitrogens is 1. The maximum Gasteiger partial charge on any atom is 0.168 e. The molecule has 1 aromatic heterocycles. The van der Waals surface area contributed by atoms with Crippen molar-refractivity contribution in [2.45, 2.75) is 104 Å². The number of hydrogen-bond acceptors (Lipinski definition) is 0. The van der Waals surface area contributed by atoms with Crippen molar-refractivity contribution < 1.29 is 4.57 Å². The Balaban J connectivity index is 0.000000136. The second-order valence-electron chi connectivity index (χ2n) is 15.5.